The summed E-state index contributed by atoms with van der Waals surface area (Å²) >= 11 is 0. The summed E-state index contributed by atoms with van der Waals surface area (Å²) in [6.07, 6.45) is 8.13. The van der Waals surface area contributed by atoms with Crippen molar-refractivity contribution in [3.8, 4) is 11.4 Å². The molecule has 0 radical (unpaired) electrons. The lowest BCUT2D eigenvalue weighted by Gasteiger charge is -2.46. The van der Waals surface area contributed by atoms with Gasteiger partial charge >= 0.3 is 0 Å². The highest BCUT2D eigenvalue weighted by atomic mass is 16.5. The standard InChI is InChI=1S/C21H26N6O2/c1-21(2,28)4-6-26-12-14-13-29-8-7-27(14)20-18(26)11-24-19(25-20)16-9-22-10-17-15(16)3-5-23-17/h3,5,9-11,14,23,28H,4,6-8,12-13H2,1-2H3. The smallest absolute Gasteiger partial charge is 0.163 e. The molecule has 1 atom stereocenters. The summed E-state index contributed by atoms with van der Waals surface area (Å²) in [5, 5.41) is 11.3. The first-order chi connectivity index (χ1) is 14.0. The molecule has 1 fully saturated rings. The fourth-order valence-corrected chi connectivity index (χ4v) is 4.15. The van der Waals surface area contributed by atoms with E-state index in [2.05, 4.69) is 19.8 Å². The predicted molar refractivity (Wildman–Crippen MR) is 112 cm³/mol. The van der Waals surface area contributed by atoms with Gasteiger partial charge in [-0.15, -0.1) is 0 Å². The topological polar surface area (TPSA) is 90.4 Å². The van der Waals surface area contributed by atoms with Crippen LogP contribution in [0.2, 0.25) is 0 Å². The Balaban J connectivity index is 1.56. The van der Waals surface area contributed by atoms with E-state index in [0.717, 1.165) is 47.6 Å². The van der Waals surface area contributed by atoms with Crippen molar-refractivity contribution in [2.24, 2.45) is 0 Å². The minimum absolute atomic E-state index is 0.252. The van der Waals surface area contributed by atoms with Gasteiger partial charge in [0, 0.05) is 43.0 Å². The first-order valence-corrected chi connectivity index (χ1v) is 10.1. The second kappa shape index (κ2) is 6.96. The van der Waals surface area contributed by atoms with Gasteiger partial charge in [0.1, 0.15) is 0 Å². The number of rotatable bonds is 4. The number of anilines is 2. The summed E-state index contributed by atoms with van der Waals surface area (Å²) in [5.74, 6) is 1.62. The molecule has 0 aromatic carbocycles. The maximum absolute atomic E-state index is 10.2. The third-order valence-electron chi connectivity index (χ3n) is 5.73. The van der Waals surface area contributed by atoms with E-state index in [4.69, 9.17) is 14.7 Å². The molecule has 1 unspecified atom stereocenters. The fourth-order valence-electron chi connectivity index (χ4n) is 4.15. The molecule has 8 heteroatoms. The van der Waals surface area contributed by atoms with Crippen LogP contribution in [0.15, 0.2) is 30.9 Å². The third-order valence-corrected chi connectivity index (χ3v) is 5.73. The van der Waals surface area contributed by atoms with Crippen molar-refractivity contribution in [1.82, 2.24) is 19.9 Å². The van der Waals surface area contributed by atoms with Crippen LogP contribution in [-0.4, -0.2) is 69.5 Å². The van der Waals surface area contributed by atoms with Crippen molar-refractivity contribution < 1.29 is 9.84 Å². The average Bonchev–Trinajstić information content (AvgIpc) is 3.20. The van der Waals surface area contributed by atoms with Gasteiger partial charge < -0.3 is 24.6 Å². The van der Waals surface area contributed by atoms with E-state index < -0.39 is 5.60 Å². The van der Waals surface area contributed by atoms with Crippen molar-refractivity contribution in [2.75, 3.05) is 42.6 Å². The van der Waals surface area contributed by atoms with E-state index in [-0.39, 0.29) is 6.04 Å². The number of aromatic nitrogens is 4. The van der Waals surface area contributed by atoms with E-state index >= 15 is 0 Å². The Morgan fingerprint density at radius 1 is 1.31 bits per heavy atom. The van der Waals surface area contributed by atoms with Crippen LogP contribution in [0.5, 0.6) is 0 Å². The average molecular weight is 394 g/mol. The molecule has 0 aliphatic carbocycles. The van der Waals surface area contributed by atoms with E-state index in [1.807, 2.05) is 44.7 Å². The molecule has 0 saturated carbocycles. The molecule has 1 saturated heterocycles. The Morgan fingerprint density at radius 3 is 3.07 bits per heavy atom. The van der Waals surface area contributed by atoms with Crippen LogP contribution in [-0.2, 0) is 4.74 Å². The zero-order valence-corrected chi connectivity index (χ0v) is 16.8. The van der Waals surface area contributed by atoms with Crippen molar-refractivity contribution in [2.45, 2.75) is 31.9 Å². The summed E-state index contributed by atoms with van der Waals surface area (Å²) in [6.45, 7) is 7.50. The summed E-state index contributed by atoms with van der Waals surface area (Å²) in [7, 11) is 0. The minimum Gasteiger partial charge on any atom is -0.390 e. The Kier molecular flexibility index (Phi) is 4.40. The molecule has 152 valence electrons. The van der Waals surface area contributed by atoms with Crippen molar-refractivity contribution in [1.29, 1.82) is 0 Å². The highest BCUT2D eigenvalue weighted by Crippen LogP contribution is 2.37. The van der Waals surface area contributed by atoms with E-state index in [9.17, 15) is 5.11 Å². The van der Waals surface area contributed by atoms with Crippen LogP contribution in [0.25, 0.3) is 22.3 Å². The van der Waals surface area contributed by atoms with Crippen molar-refractivity contribution in [3.05, 3.63) is 30.9 Å². The molecule has 3 aromatic rings. The number of morpholine rings is 1. The summed E-state index contributed by atoms with van der Waals surface area (Å²) < 4.78 is 5.73. The summed E-state index contributed by atoms with van der Waals surface area (Å²) in [5.41, 5.74) is 2.20. The van der Waals surface area contributed by atoms with Gasteiger partial charge in [-0.2, -0.15) is 0 Å². The molecule has 29 heavy (non-hydrogen) atoms. The molecule has 0 bridgehead atoms. The monoisotopic (exact) mass is 394 g/mol. The second-order valence-electron chi connectivity index (χ2n) is 8.46. The van der Waals surface area contributed by atoms with Crippen molar-refractivity contribution in [3.63, 3.8) is 0 Å². The van der Waals surface area contributed by atoms with Gasteiger partial charge in [0.2, 0.25) is 0 Å². The van der Waals surface area contributed by atoms with Crippen LogP contribution in [0.3, 0.4) is 0 Å². The Morgan fingerprint density at radius 2 is 2.21 bits per heavy atom. The Bertz CT molecular complexity index is 1030. The second-order valence-corrected chi connectivity index (χ2v) is 8.46. The van der Waals surface area contributed by atoms with Gasteiger partial charge in [0.05, 0.1) is 48.5 Å². The molecular formula is C21H26N6O2. The quantitative estimate of drug-likeness (QED) is 0.701. The number of fused-ring (bicyclic) bond motifs is 4. The van der Waals surface area contributed by atoms with Gasteiger partial charge in [-0.25, -0.2) is 9.97 Å². The molecule has 8 nitrogen and oxygen atoms in total. The van der Waals surface area contributed by atoms with Gasteiger partial charge in [0.25, 0.3) is 0 Å². The number of hydrogen-bond acceptors (Lipinski definition) is 7. The highest BCUT2D eigenvalue weighted by Gasteiger charge is 2.35. The number of aliphatic hydroxyl groups is 1. The van der Waals surface area contributed by atoms with Gasteiger partial charge in [-0.05, 0) is 26.3 Å². The van der Waals surface area contributed by atoms with Crippen LogP contribution >= 0.6 is 0 Å². The zero-order valence-electron chi connectivity index (χ0n) is 16.8. The molecule has 2 aliphatic heterocycles. The fraction of sp³-hybridized carbons (Fsp3) is 0.476. The maximum atomic E-state index is 10.2. The number of ether oxygens (including phenoxy) is 1. The van der Waals surface area contributed by atoms with Crippen molar-refractivity contribution >= 4 is 22.4 Å². The number of pyridine rings is 1. The maximum Gasteiger partial charge on any atom is 0.163 e. The van der Waals surface area contributed by atoms with Gasteiger partial charge in [-0.1, -0.05) is 0 Å². The molecule has 5 rings (SSSR count). The molecule has 0 amide bonds. The summed E-state index contributed by atoms with van der Waals surface area (Å²) in [4.78, 5) is 21.9. The summed E-state index contributed by atoms with van der Waals surface area (Å²) in [6, 6.07) is 2.28. The van der Waals surface area contributed by atoms with Crippen LogP contribution < -0.4 is 9.80 Å². The minimum atomic E-state index is -0.712. The number of nitrogens with zero attached hydrogens (tertiary/aromatic N) is 5. The lowest BCUT2D eigenvalue weighted by Crippen LogP contribution is -2.56. The van der Waals surface area contributed by atoms with E-state index in [1.165, 1.54) is 0 Å². The molecular weight excluding hydrogens is 368 g/mol. The lowest BCUT2D eigenvalue weighted by atomic mass is 10.0. The van der Waals surface area contributed by atoms with Gasteiger partial charge in [-0.3, -0.25) is 4.98 Å². The SMILES string of the molecule is CC(C)(O)CCN1CC2COCCN2c2nc(-c3cncc4[nH]ccc34)ncc21. The molecule has 0 spiro atoms. The lowest BCUT2D eigenvalue weighted by molar-refractivity contribution is 0.0713. The molecule has 5 heterocycles. The van der Waals surface area contributed by atoms with Crippen LogP contribution in [0, 0.1) is 0 Å². The van der Waals surface area contributed by atoms with E-state index in [0.29, 0.717) is 25.5 Å². The highest BCUT2D eigenvalue weighted by molar-refractivity contribution is 5.92. The predicted octanol–water partition coefficient (Wildman–Crippen LogP) is 2.21. The third kappa shape index (κ3) is 3.42. The number of nitrogens with one attached hydrogen (secondary N) is 1. The van der Waals surface area contributed by atoms with Gasteiger partial charge in [0.15, 0.2) is 11.6 Å². The molecule has 3 aromatic heterocycles. The zero-order chi connectivity index (χ0) is 20.0. The Labute approximate surface area is 169 Å². The van der Waals surface area contributed by atoms with Crippen LogP contribution in [0.1, 0.15) is 20.3 Å². The normalized spacial score (nSPS) is 19.3. The largest absolute Gasteiger partial charge is 0.390 e. The number of H-pyrrole nitrogens is 1. The van der Waals surface area contributed by atoms with Crippen LogP contribution in [0.4, 0.5) is 11.5 Å². The van der Waals surface area contributed by atoms with E-state index in [1.54, 1.807) is 0 Å². The first-order valence-electron chi connectivity index (χ1n) is 10.1. The first kappa shape index (κ1) is 18.3. The molecule has 2 aliphatic rings. The molecule has 2 N–H and O–H groups in total. The number of hydrogen-bond donors (Lipinski definition) is 2. The Hall–Kier alpha value is -2.71. The number of aromatic amines is 1.